The molecule has 1 fully saturated rings. The number of nitrogens with zero attached hydrogens (tertiary/aromatic N) is 1. The normalized spacial score (nSPS) is 16.5. The highest BCUT2D eigenvalue weighted by molar-refractivity contribution is 5.95. The van der Waals surface area contributed by atoms with E-state index in [0.29, 0.717) is 18.7 Å². The summed E-state index contributed by atoms with van der Waals surface area (Å²) < 4.78 is 13.1. The average molecular weight is 354 g/mol. The van der Waals surface area contributed by atoms with Crippen LogP contribution in [0.5, 0.6) is 0 Å². The Labute approximate surface area is 153 Å². The molecule has 2 amide bonds. The second-order valence-corrected chi connectivity index (χ2v) is 6.62. The molecule has 2 aromatic rings. The molecular formula is C21H23FN2O2. The lowest BCUT2D eigenvalue weighted by Gasteiger charge is -2.25. The molecule has 136 valence electrons. The number of rotatable bonds is 5. The van der Waals surface area contributed by atoms with E-state index in [1.807, 2.05) is 30.0 Å². The summed E-state index contributed by atoms with van der Waals surface area (Å²) in [7, 11) is 0. The van der Waals surface area contributed by atoms with E-state index in [-0.39, 0.29) is 30.1 Å². The summed E-state index contributed by atoms with van der Waals surface area (Å²) in [5, 5.41) is 2.82. The van der Waals surface area contributed by atoms with Gasteiger partial charge in [-0.2, -0.15) is 0 Å². The van der Waals surface area contributed by atoms with E-state index < -0.39 is 0 Å². The summed E-state index contributed by atoms with van der Waals surface area (Å²) in [6.45, 7) is 2.89. The standard InChI is InChI=1S/C21H23FN2O2/c1-15-5-2-3-6-18(15)21(26)23-13-12-20(25)24-14-4-7-19(24)16-8-10-17(22)11-9-16/h2-3,5-6,8-11,19H,4,7,12-14H2,1H3,(H,23,26). The monoisotopic (exact) mass is 354 g/mol. The van der Waals surface area contributed by atoms with Crippen LogP contribution in [0.3, 0.4) is 0 Å². The van der Waals surface area contributed by atoms with Crippen LogP contribution in [-0.2, 0) is 4.79 Å². The number of halogens is 1. The van der Waals surface area contributed by atoms with E-state index in [4.69, 9.17) is 0 Å². The lowest BCUT2D eigenvalue weighted by Crippen LogP contribution is -2.34. The van der Waals surface area contributed by atoms with E-state index in [2.05, 4.69) is 5.32 Å². The number of carbonyl (C=O) groups excluding carboxylic acids is 2. The summed E-state index contributed by atoms with van der Waals surface area (Å²) in [6, 6.07) is 13.7. The van der Waals surface area contributed by atoms with Gasteiger partial charge in [0.05, 0.1) is 6.04 Å². The first-order chi connectivity index (χ1) is 12.6. The first-order valence-electron chi connectivity index (χ1n) is 8.95. The van der Waals surface area contributed by atoms with E-state index >= 15 is 0 Å². The fourth-order valence-corrected chi connectivity index (χ4v) is 3.45. The summed E-state index contributed by atoms with van der Waals surface area (Å²) in [4.78, 5) is 26.6. The van der Waals surface area contributed by atoms with Gasteiger partial charge in [0.1, 0.15) is 5.82 Å². The summed E-state index contributed by atoms with van der Waals surface area (Å²) in [5.41, 5.74) is 2.50. The molecule has 1 heterocycles. The van der Waals surface area contributed by atoms with Crippen molar-refractivity contribution < 1.29 is 14.0 Å². The average Bonchev–Trinajstić information content (AvgIpc) is 3.12. The number of hydrogen-bond donors (Lipinski definition) is 1. The van der Waals surface area contributed by atoms with Gasteiger partial charge in [0.15, 0.2) is 0 Å². The van der Waals surface area contributed by atoms with Crippen LogP contribution in [0.15, 0.2) is 48.5 Å². The highest BCUT2D eigenvalue weighted by Gasteiger charge is 2.29. The SMILES string of the molecule is Cc1ccccc1C(=O)NCCC(=O)N1CCCC1c1ccc(F)cc1. The molecule has 1 saturated heterocycles. The van der Waals surface area contributed by atoms with Crippen LogP contribution >= 0.6 is 0 Å². The maximum Gasteiger partial charge on any atom is 0.251 e. The number of carbonyl (C=O) groups is 2. The summed E-state index contributed by atoms with van der Waals surface area (Å²) in [6.07, 6.45) is 2.08. The topological polar surface area (TPSA) is 49.4 Å². The van der Waals surface area contributed by atoms with Gasteiger partial charge in [0.2, 0.25) is 5.91 Å². The molecule has 1 aliphatic rings. The van der Waals surface area contributed by atoms with Crippen LogP contribution in [-0.4, -0.2) is 29.8 Å². The fourth-order valence-electron chi connectivity index (χ4n) is 3.45. The number of nitrogens with one attached hydrogen (secondary N) is 1. The van der Waals surface area contributed by atoms with Crippen molar-refractivity contribution in [3.8, 4) is 0 Å². The molecule has 2 aromatic carbocycles. The maximum absolute atomic E-state index is 13.1. The van der Waals surface area contributed by atoms with Crippen LogP contribution in [0.4, 0.5) is 4.39 Å². The fraction of sp³-hybridized carbons (Fsp3) is 0.333. The van der Waals surface area contributed by atoms with Gasteiger partial charge in [0, 0.05) is 25.1 Å². The molecule has 0 bridgehead atoms. The zero-order valence-corrected chi connectivity index (χ0v) is 14.9. The van der Waals surface area contributed by atoms with Gasteiger partial charge in [-0.05, 0) is 49.1 Å². The van der Waals surface area contributed by atoms with E-state index in [1.54, 1.807) is 18.2 Å². The summed E-state index contributed by atoms with van der Waals surface area (Å²) in [5.74, 6) is -0.419. The van der Waals surface area contributed by atoms with Crippen LogP contribution in [0, 0.1) is 12.7 Å². The Morgan fingerprint density at radius 1 is 1.15 bits per heavy atom. The van der Waals surface area contributed by atoms with Gasteiger partial charge >= 0.3 is 0 Å². The lowest BCUT2D eigenvalue weighted by molar-refractivity contribution is -0.132. The molecule has 1 unspecified atom stereocenters. The third-order valence-corrected chi connectivity index (χ3v) is 4.84. The lowest BCUT2D eigenvalue weighted by atomic mass is 10.0. The molecule has 0 aromatic heterocycles. The first-order valence-corrected chi connectivity index (χ1v) is 8.95. The second-order valence-electron chi connectivity index (χ2n) is 6.62. The van der Waals surface area contributed by atoms with E-state index in [1.165, 1.54) is 12.1 Å². The van der Waals surface area contributed by atoms with Crippen molar-refractivity contribution in [1.29, 1.82) is 0 Å². The Bertz CT molecular complexity index is 789. The Balaban J connectivity index is 1.55. The maximum atomic E-state index is 13.1. The molecule has 1 aliphatic heterocycles. The highest BCUT2D eigenvalue weighted by atomic mass is 19.1. The van der Waals surface area contributed by atoms with Gasteiger partial charge < -0.3 is 10.2 Å². The van der Waals surface area contributed by atoms with Crippen LogP contribution in [0.2, 0.25) is 0 Å². The Morgan fingerprint density at radius 3 is 2.62 bits per heavy atom. The smallest absolute Gasteiger partial charge is 0.251 e. The van der Waals surface area contributed by atoms with E-state index in [0.717, 1.165) is 24.0 Å². The highest BCUT2D eigenvalue weighted by Crippen LogP contribution is 2.32. The van der Waals surface area contributed by atoms with Gasteiger partial charge in [-0.3, -0.25) is 9.59 Å². The van der Waals surface area contributed by atoms with Crippen LogP contribution in [0.1, 0.15) is 46.8 Å². The van der Waals surface area contributed by atoms with Crippen molar-refractivity contribution in [3.63, 3.8) is 0 Å². The molecule has 0 radical (unpaired) electrons. The predicted octanol–water partition coefficient (Wildman–Crippen LogP) is 3.62. The minimum Gasteiger partial charge on any atom is -0.352 e. The van der Waals surface area contributed by atoms with Crippen molar-refractivity contribution in [1.82, 2.24) is 10.2 Å². The van der Waals surface area contributed by atoms with Gasteiger partial charge in [-0.1, -0.05) is 30.3 Å². The Hall–Kier alpha value is -2.69. The first kappa shape index (κ1) is 18.1. The quantitative estimate of drug-likeness (QED) is 0.892. The van der Waals surface area contributed by atoms with Crippen molar-refractivity contribution >= 4 is 11.8 Å². The molecule has 26 heavy (non-hydrogen) atoms. The Kier molecular flexibility index (Phi) is 5.66. The zero-order valence-electron chi connectivity index (χ0n) is 14.9. The van der Waals surface area contributed by atoms with Crippen molar-refractivity contribution in [2.45, 2.75) is 32.2 Å². The molecular weight excluding hydrogens is 331 g/mol. The van der Waals surface area contributed by atoms with Crippen LogP contribution in [0.25, 0.3) is 0 Å². The van der Waals surface area contributed by atoms with Crippen molar-refractivity contribution in [3.05, 3.63) is 71.0 Å². The van der Waals surface area contributed by atoms with Gasteiger partial charge in [-0.15, -0.1) is 0 Å². The molecule has 5 heteroatoms. The molecule has 0 aliphatic carbocycles. The number of amides is 2. The Morgan fingerprint density at radius 2 is 1.88 bits per heavy atom. The molecule has 3 rings (SSSR count). The molecule has 0 spiro atoms. The van der Waals surface area contributed by atoms with E-state index in [9.17, 15) is 14.0 Å². The van der Waals surface area contributed by atoms with Gasteiger partial charge in [-0.25, -0.2) is 4.39 Å². The third kappa shape index (κ3) is 4.10. The number of likely N-dealkylation sites (tertiary alicyclic amines) is 1. The van der Waals surface area contributed by atoms with Crippen molar-refractivity contribution in [2.24, 2.45) is 0 Å². The van der Waals surface area contributed by atoms with Gasteiger partial charge in [0.25, 0.3) is 5.91 Å². The molecule has 1 N–H and O–H groups in total. The third-order valence-electron chi connectivity index (χ3n) is 4.84. The minimum absolute atomic E-state index is 0.00447. The van der Waals surface area contributed by atoms with Crippen LogP contribution < -0.4 is 5.32 Å². The van der Waals surface area contributed by atoms with Crippen molar-refractivity contribution in [2.75, 3.05) is 13.1 Å². The molecule has 4 nitrogen and oxygen atoms in total. The zero-order chi connectivity index (χ0) is 18.5. The number of aryl methyl sites for hydroxylation is 1. The predicted molar refractivity (Wildman–Crippen MR) is 98.2 cm³/mol. The number of hydrogen-bond acceptors (Lipinski definition) is 2. The number of benzene rings is 2. The molecule has 1 atom stereocenters. The summed E-state index contributed by atoms with van der Waals surface area (Å²) >= 11 is 0. The molecule has 0 saturated carbocycles. The second kappa shape index (κ2) is 8.13. The largest absolute Gasteiger partial charge is 0.352 e. The minimum atomic E-state index is -0.274.